The van der Waals surface area contributed by atoms with Crippen LogP contribution in [-0.2, 0) is 0 Å². The summed E-state index contributed by atoms with van der Waals surface area (Å²) in [5.74, 6) is 0.562. The summed E-state index contributed by atoms with van der Waals surface area (Å²) >= 11 is 1.39. The summed E-state index contributed by atoms with van der Waals surface area (Å²) in [5.41, 5.74) is 5.13. The molecule has 1 aromatic carbocycles. The minimum absolute atomic E-state index is 0.221. The average molecular weight is 339 g/mol. The second-order valence-electron chi connectivity index (χ2n) is 5.09. The molecular formula is C18H17N3O2S. The molecule has 0 atom stereocenters. The molecule has 5 nitrogen and oxygen atoms in total. The Kier molecular flexibility index (Phi) is 4.77. The molecule has 1 N–H and O–H groups in total. The molecule has 0 radical (unpaired) electrons. The molecule has 6 heteroatoms. The number of carbonyl (C=O) groups excluding carboxylic acids is 1. The van der Waals surface area contributed by atoms with Gasteiger partial charge in [-0.3, -0.25) is 4.79 Å². The molecule has 3 aromatic rings. The Balaban J connectivity index is 1.74. The maximum absolute atomic E-state index is 12.4. The van der Waals surface area contributed by atoms with Gasteiger partial charge in [-0.2, -0.15) is 5.10 Å². The highest BCUT2D eigenvalue weighted by Gasteiger charge is 2.13. The van der Waals surface area contributed by atoms with Crippen LogP contribution < -0.4 is 10.2 Å². The van der Waals surface area contributed by atoms with Crippen molar-refractivity contribution in [1.29, 1.82) is 0 Å². The Bertz CT molecular complexity index is 849. The van der Waals surface area contributed by atoms with Crippen molar-refractivity contribution >= 4 is 23.0 Å². The first-order chi connectivity index (χ1) is 11.7. The number of hydrazone groups is 1. The average Bonchev–Trinajstić information content (AvgIpc) is 3.30. The normalized spacial score (nSPS) is 11.3. The van der Waals surface area contributed by atoms with Gasteiger partial charge in [-0.25, -0.2) is 5.43 Å². The Labute approximate surface area is 144 Å². The fourth-order valence-corrected chi connectivity index (χ4v) is 3.03. The number of benzene rings is 1. The van der Waals surface area contributed by atoms with Crippen molar-refractivity contribution < 1.29 is 9.53 Å². The van der Waals surface area contributed by atoms with Gasteiger partial charge in [-0.05, 0) is 60.3 Å². The van der Waals surface area contributed by atoms with E-state index in [2.05, 4.69) is 10.5 Å². The summed E-state index contributed by atoms with van der Waals surface area (Å²) < 4.78 is 7.04. The topological polar surface area (TPSA) is 55.6 Å². The van der Waals surface area contributed by atoms with Crippen molar-refractivity contribution in [3.63, 3.8) is 0 Å². The van der Waals surface area contributed by atoms with Crippen molar-refractivity contribution in [3.05, 3.63) is 70.7 Å². The number of amides is 1. The fraction of sp³-hybridized carbons (Fsp3) is 0.111. The summed E-state index contributed by atoms with van der Waals surface area (Å²) in [6.45, 7) is 1.85. The quantitative estimate of drug-likeness (QED) is 0.569. The van der Waals surface area contributed by atoms with Crippen molar-refractivity contribution in [1.82, 2.24) is 9.99 Å². The summed E-state index contributed by atoms with van der Waals surface area (Å²) in [7, 11) is 1.62. The zero-order chi connectivity index (χ0) is 16.9. The van der Waals surface area contributed by atoms with E-state index in [0.717, 1.165) is 22.7 Å². The van der Waals surface area contributed by atoms with Crippen LogP contribution in [0.15, 0.2) is 65.3 Å². The van der Waals surface area contributed by atoms with Crippen molar-refractivity contribution in [2.45, 2.75) is 6.92 Å². The molecule has 0 bridgehead atoms. The molecule has 3 rings (SSSR count). The van der Waals surface area contributed by atoms with Crippen LogP contribution in [0.1, 0.15) is 22.2 Å². The Morgan fingerprint density at radius 2 is 1.88 bits per heavy atom. The Hall–Kier alpha value is -2.86. The molecule has 0 spiro atoms. The Morgan fingerprint density at radius 3 is 2.54 bits per heavy atom. The molecule has 0 saturated carbocycles. The number of aromatic nitrogens is 1. The second kappa shape index (κ2) is 7.14. The lowest BCUT2D eigenvalue weighted by Crippen LogP contribution is -2.19. The highest BCUT2D eigenvalue weighted by atomic mass is 32.1. The van der Waals surface area contributed by atoms with Crippen LogP contribution in [0.5, 0.6) is 5.75 Å². The molecule has 0 fully saturated rings. The minimum atomic E-state index is -0.221. The van der Waals surface area contributed by atoms with E-state index in [1.54, 1.807) is 7.11 Å². The van der Waals surface area contributed by atoms with Crippen LogP contribution in [0.4, 0.5) is 0 Å². The first-order valence-corrected chi connectivity index (χ1v) is 8.27. The number of methoxy groups -OCH3 is 1. The third-order valence-corrected chi connectivity index (χ3v) is 4.47. The third kappa shape index (κ3) is 3.38. The van der Waals surface area contributed by atoms with Gasteiger partial charge in [-0.1, -0.05) is 0 Å². The number of hydrogen-bond acceptors (Lipinski definition) is 4. The third-order valence-electron chi connectivity index (χ3n) is 3.57. The van der Waals surface area contributed by atoms with Crippen LogP contribution >= 0.6 is 11.3 Å². The maximum Gasteiger partial charge on any atom is 0.283 e. The first-order valence-electron chi connectivity index (χ1n) is 7.39. The van der Waals surface area contributed by atoms with Crippen LogP contribution in [0.25, 0.3) is 5.69 Å². The van der Waals surface area contributed by atoms with Gasteiger partial charge in [0, 0.05) is 12.4 Å². The van der Waals surface area contributed by atoms with E-state index in [9.17, 15) is 4.79 Å². The van der Waals surface area contributed by atoms with E-state index >= 15 is 0 Å². The minimum Gasteiger partial charge on any atom is -0.497 e. The molecule has 1 amide bonds. The van der Waals surface area contributed by atoms with Crippen LogP contribution in [0.2, 0.25) is 0 Å². The molecule has 2 aromatic heterocycles. The van der Waals surface area contributed by atoms with E-state index < -0.39 is 0 Å². The molecule has 122 valence electrons. The molecular weight excluding hydrogens is 322 g/mol. The summed E-state index contributed by atoms with van der Waals surface area (Å²) in [6.07, 6.45) is 3.81. The molecule has 24 heavy (non-hydrogen) atoms. The molecule has 0 aliphatic heterocycles. The molecule has 0 unspecified atom stereocenters. The van der Waals surface area contributed by atoms with Gasteiger partial charge >= 0.3 is 0 Å². The highest BCUT2D eigenvalue weighted by molar-refractivity contribution is 7.12. The predicted molar refractivity (Wildman–Crippen MR) is 96.3 cm³/mol. The van der Waals surface area contributed by atoms with Gasteiger partial charge in [0.15, 0.2) is 0 Å². The van der Waals surface area contributed by atoms with Gasteiger partial charge in [0.2, 0.25) is 0 Å². The van der Waals surface area contributed by atoms with E-state index in [1.807, 2.05) is 71.7 Å². The van der Waals surface area contributed by atoms with E-state index in [4.69, 9.17) is 4.74 Å². The van der Waals surface area contributed by atoms with Crippen LogP contribution in [0.3, 0.4) is 0 Å². The van der Waals surface area contributed by atoms with E-state index in [-0.39, 0.29) is 5.91 Å². The fourth-order valence-electron chi connectivity index (χ4n) is 2.25. The van der Waals surface area contributed by atoms with Gasteiger partial charge in [0.1, 0.15) is 10.6 Å². The SMILES string of the molecule is COc1ccc(/C(C)=N\NC(=O)c2sccc2-n2cccc2)cc1. The standard InChI is InChI=1S/C18H17N3O2S/c1-13(14-5-7-15(23-2)8-6-14)19-20-18(22)17-16(9-12-24-17)21-10-3-4-11-21/h3-12H,1-2H3,(H,20,22)/b19-13-. The van der Waals surface area contributed by atoms with Gasteiger partial charge in [-0.15, -0.1) is 11.3 Å². The Morgan fingerprint density at radius 1 is 1.17 bits per heavy atom. The largest absolute Gasteiger partial charge is 0.497 e. The lowest BCUT2D eigenvalue weighted by molar-refractivity contribution is 0.0959. The smallest absolute Gasteiger partial charge is 0.283 e. The molecule has 0 aliphatic rings. The number of hydrogen-bond donors (Lipinski definition) is 1. The zero-order valence-corrected chi connectivity index (χ0v) is 14.2. The predicted octanol–water partition coefficient (Wildman–Crippen LogP) is 3.70. The number of rotatable bonds is 5. The number of ether oxygens (including phenoxy) is 1. The van der Waals surface area contributed by atoms with Crippen LogP contribution in [0, 0.1) is 0 Å². The van der Waals surface area contributed by atoms with E-state index in [0.29, 0.717) is 4.88 Å². The number of carbonyl (C=O) groups is 1. The number of thiophene rings is 1. The highest BCUT2D eigenvalue weighted by Crippen LogP contribution is 2.21. The number of nitrogens with zero attached hydrogens (tertiary/aromatic N) is 2. The van der Waals surface area contributed by atoms with Gasteiger partial charge in [0.05, 0.1) is 18.5 Å². The first kappa shape index (κ1) is 16.0. The summed E-state index contributed by atoms with van der Waals surface area (Å²) in [4.78, 5) is 13.0. The van der Waals surface area contributed by atoms with Crippen molar-refractivity contribution in [3.8, 4) is 11.4 Å². The summed E-state index contributed by atoms with van der Waals surface area (Å²) in [6, 6.07) is 13.3. The second-order valence-corrected chi connectivity index (χ2v) is 6.01. The maximum atomic E-state index is 12.4. The van der Waals surface area contributed by atoms with Gasteiger partial charge < -0.3 is 9.30 Å². The lowest BCUT2D eigenvalue weighted by atomic mass is 10.1. The zero-order valence-electron chi connectivity index (χ0n) is 13.4. The summed E-state index contributed by atoms with van der Waals surface area (Å²) in [5, 5.41) is 6.10. The molecule has 2 heterocycles. The lowest BCUT2D eigenvalue weighted by Gasteiger charge is -2.06. The monoisotopic (exact) mass is 339 g/mol. The van der Waals surface area contributed by atoms with Crippen molar-refractivity contribution in [2.75, 3.05) is 7.11 Å². The van der Waals surface area contributed by atoms with Crippen LogP contribution in [-0.4, -0.2) is 23.3 Å². The van der Waals surface area contributed by atoms with E-state index in [1.165, 1.54) is 11.3 Å². The molecule has 0 saturated heterocycles. The van der Waals surface area contributed by atoms with Crippen molar-refractivity contribution in [2.24, 2.45) is 5.10 Å². The van der Waals surface area contributed by atoms with Gasteiger partial charge in [0.25, 0.3) is 5.91 Å². The number of nitrogens with one attached hydrogen (secondary N) is 1. The molecule has 0 aliphatic carbocycles.